The molecule has 1 saturated carbocycles. The molecule has 4 aliphatic heterocycles. The van der Waals surface area contributed by atoms with E-state index in [4.69, 9.17) is 20.4 Å². The Labute approximate surface area is 176 Å². The first-order chi connectivity index (χ1) is 15.0. The second-order valence-corrected chi connectivity index (χ2v) is 8.58. The second kappa shape index (κ2) is 6.84. The van der Waals surface area contributed by atoms with Gasteiger partial charge in [-0.2, -0.15) is 13.8 Å². The van der Waals surface area contributed by atoms with Crippen molar-refractivity contribution < 1.29 is 22.6 Å². The third-order valence-corrected chi connectivity index (χ3v) is 6.73. The zero-order valence-corrected chi connectivity index (χ0v) is 16.5. The van der Waals surface area contributed by atoms with Crippen LogP contribution >= 0.6 is 0 Å². The van der Waals surface area contributed by atoms with Crippen molar-refractivity contribution in [2.24, 2.45) is 5.92 Å². The minimum absolute atomic E-state index is 0.131. The van der Waals surface area contributed by atoms with Gasteiger partial charge in [-0.05, 0) is 24.8 Å². The molecule has 2 N–H and O–H groups in total. The first-order valence-electron chi connectivity index (χ1n) is 10.3. The summed E-state index contributed by atoms with van der Waals surface area (Å²) in [5, 5.41) is 0. The molecular weight excluding hydrogens is 413 g/mol. The fraction of sp³-hybridized carbons (Fsp3) is 0.550. The van der Waals surface area contributed by atoms with E-state index in [2.05, 4.69) is 14.6 Å². The molecule has 2 aromatic rings. The predicted molar refractivity (Wildman–Crippen MR) is 106 cm³/mol. The standard InChI is InChI=1S/C20H21F3N6O2/c21-17-13-8-30-15(17)7-29(13)16-4-12(10-3-14(31-19(22)23)18(24)25-5-10)26-20(27-16)28-6-9-1-11(28)2-9/h3-5,9,11,13,15,17,19H,1-2,6-8H2,(H2,24,25)/t9?,11?,13-,15-,17?/m0/s1. The molecule has 5 fully saturated rings. The van der Waals surface area contributed by atoms with Crippen LogP contribution in [0.4, 0.5) is 30.8 Å². The topological polar surface area (TPSA) is 89.6 Å². The maximum absolute atomic E-state index is 14.5. The zero-order chi connectivity index (χ0) is 21.3. The summed E-state index contributed by atoms with van der Waals surface area (Å²) in [6.07, 6.45) is 2.17. The van der Waals surface area contributed by atoms with Crippen molar-refractivity contribution in [3.8, 4) is 17.0 Å². The predicted octanol–water partition coefficient (Wildman–Crippen LogP) is 2.25. The van der Waals surface area contributed by atoms with Crippen molar-refractivity contribution in [1.82, 2.24) is 15.0 Å². The zero-order valence-electron chi connectivity index (χ0n) is 16.5. The number of nitrogen functional groups attached to an aromatic ring is 1. The molecule has 4 bridgehead atoms. The molecule has 3 atom stereocenters. The maximum atomic E-state index is 14.5. The number of pyridine rings is 1. The number of halogens is 3. The average Bonchev–Trinajstić information content (AvgIpc) is 3.49. The number of morpholine rings is 1. The van der Waals surface area contributed by atoms with E-state index >= 15 is 0 Å². The largest absolute Gasteiger partial charge is 0.431 e. The summed E-state index contributed by atoms with van der Waals surface area (Å²) >= 11 is 0. The van der Waals surface area contributed by atoms with E-state index in [0.717, 1.165) is 19.4 Å². The van der Waals surface area contributed by atoms with Gasteiger partial charge in [-0.25, -0.2) is 14.4 Å². The van der Waals surface area contributed by atoms with Crippen LogP contribution < -0.4 is 20.3 Å². The van der Waals surface area contributed by atoms with Crippen molar-refractivity contribution in [2.45, 2.75) is 43.8 Å². The number of nitrogens with zero attached hydrogens (tertiary/aromatic N) is 5. The van der Waals surface area contributed by atoms with Gasteiger partial charge in [0.05, 0.1) is 18.3 Å². The molecule has 2 aromatic heterocycles. The van der Waals surface area contributed by atoms with Crippen LogP contribution in [0, 0.1) is 5.92 Å². The number of hydrogen-bond donors (Lipinski definition) is 1. The molecule has 0 radical (unpaired) electrons. The van der Waals surface area contributed by atoms with Crippen molar-refractivity contribution in [2.75, 3.05) is 35.2 Å². The summed E-state index contributed by atoms with van der Waals surface area (Å²) in [7, 11) is 0. The Kier molecular flexibility index (Phi) is 4.17. The van der Waals surface area contributed by atoms with Crippen LogP contribution in [0.2, 0.25) is 0 Å². The van der Waals surface area contributed by atoms with E-state index in [9.17, 15) is 13.2 Å². The Balaban J connectivity index is 1.41. The summed E-state index contributed by atoms with van der Waals surface area (Å²) in [5.41, 5.74) is 6.65. The summed E-state index contributed by atoms with van der Waals surface area (Å²) in [6, 6.07) is 3.14. The lowest BCUT2D eigenvalue weighted by atomic mass is 9.86. The molecule has 164 valence electrons. The van der Waals surface area contributed by atoms with E-state index < -0.39 is 24.9 Å². The van der Waals surface area contributed by atoms with Gasteiger partial charge in [-0.1, -0.05) is 0 Å². The number of nitrogens with two attached hydrogens (primary N) is 1. The number of aromatic nitrogens is 3. The molecule has 31 heavy (non-hydrogen) atoms. The lowest BCUT2D eigenvalue weighted by molar-refractivity contribution is -0.0494. The van der Waals surface area contributed by atoms with Gasteiger partial charge >= 0.3 is 6.61 Å². The quantitative estimate of drug-likeness (QED) is 0.767. The van der Waals surface area contributed by atoms with Gasteiger partial charge in [0.15, 0.2) is 17.7 Å². The highest BCUT2D eigenvalue weighted by molar-refractivity contribution is 5.68. The molecule has 7 rings (SSSR count). The van der Waals surface area contributed by atoms with Crippen LogP contribution in [-0.2, 0) is 4.74 Å². The fourth-order valence-electron chi connectivity index (χ4n) is 5.07. The molecule has 5 aliphatic rings. The smallest absolute Gasteiger partial charge is 0.387 e. The lowest BCUT2D eigenvalue weighted by Crippen LogP contribution is -2.39. The van der Waals surface area contributed by atoms with Gasteiger partial charge in [0.2, 0.25) is 5.95 Å². The highest BCUT2D eigenvalue weighted by atomic mass is 19.3. The molecule has 6 heterocycles. The summed E-state index contributed by atoms with van der Waals surface area (Å²) < 4.78 is 50.0. The molecule has 1 aliphatic carbocycles. The van der Waals surface area contributed by atoms with Gasteiger partial charge < -0.3 is 25.0 Å². The monoisotopic (exact) mass is 434 g/mol. The van der Waals surface area contributed by atoms with Crippen molar-refractivity contribution >= 4 is 17.6 Å². The molecule has 11 heteroatoms. The first kappa shape index (κ1) is 18.9. The highest BCUT2D eigenvalue weighted by Crippen LogP contribution is 2.43. The van der Waals surface area contributed by atoms with E-state index in [1.807, 2.05) is 4.90 Å². The van der Waals surface area contributed by atoms with E-state index in [-0.39, 0.29) is 11.6 Å². The van der Waals surface area contributed by atoms with Crippen LogP contribution in [-0.4, -0.2) is 65.6 Å². The van der Waals surface area contributed by atoms with Crippen molar-refractivity contribution in [1.29, 1.82) is 0 Å². The molecule has 1 unspecified atom stereocenters. The minimum atomic E-state index is -3.02. The van der Waals surface area contributed by atoms with Crippen LogP contribution in [0.1, 0.15) is 12.8 Å². The van der Waals surface area contributed by atoms with Crippen LogP contribution in [0.3, 0.4) is 0 Å². The van der Waals surface area contributed by atoms with Gasteiger partial charge in [-0.15, -0.1) is 0 Å². The normalized spacial score (nSPS) is 30.9. The second-order valence-electron chi connectivity index (χ2n) is 8.58. The molecular formula is C20H21F3N6O2. The van der Waals surface area contributed by atoms with Crippen LogP contribution in [0.25, 0.3) is 11.3 Å². The van der Waals surface area contributed by atoms with Crippen LogP contribution in [0.5, 0.6) is 5.75 Å². The van der Waals surface area contributed by atoms with Gasteiger partial charge in [0, 0.05) is 37.0 Å². The molecule has 0 spiro atoms. The Hall–Kier alpha value is -2.82. The summed E-state index contributed by atoms with van der Waals surface area (Å²) in [6.45, 7) is -1.42. The van der Waals surface area contributed by atoms with E-state index in [1.165, 1.54) is 12.3 Å². The summed E-state index contributed by atoms with van der Waals surface area (Å²) in [4.78, 5) is 17.5. The molecule has 8 nitrogen and oxygen atoms in total. The Morgan fingerprint density at radius 2 is 2.00 bits per heavy atom. The Bertz CT molecular complexity index is 1020. The SMILES string of the molecule is Nc1ncc(-c2cc(N3C[C@@H]4OC[C@H]3C4F)nc(N3CC4CC3C4)n2)cc1OC(F)F. The Morgan fingerprint density at radius 1 is 1.16 bits per heavy atom. The van der Waals surface area contributed by atoms with Gasteiger partial charge in [0.1, 0.15) is 11.9 Å². The average molecular weight is 434 g/mol. The molecule has 0 aromatic carbocycles. The van der Waals surface area contributed by atoms with Crippen molar-refractivity contribution in [3.05, 3.63) is 18.3 Å². The fourth-order valence-corrected chi connectivity index (χ4v) is 5.07. The first-order valence-corrected chi connectivity index (χ1v) is 10.3. The minimum Gasteiger partial charge on any atom is -0.431 e. The number of hydrogen-bond acceptors (Lipinski definition) is 8. The molecule has 4 saturated heterocycles. The van der Waals surface area contributed by atoms with E-state index in [0.29, 0.717) is 48.1 Å². The van der Waals surface area contributed by atoms with Crippen LogP contribution in [0.15, 0.2) is 18.3 Å². The van der Waals surface area contributed by atoms with E-state index in [1.54, 1.807) is 6.07 Å². The molecule has 0 amide bonds. The number of fused-ring (bicyclic) bond motifs is 3. The third-order valence-electron chi connectivity index (χ3n) is 6.73. The number of alkyl halides is 3. The lowest BCUT2D eigenvalue weighted by Gasteiger charge is -2.30. The van der Waals surface area contributed by atoms with Gasteiger partial charge in [-0.3, -0.25) is 0 Å². The van der Waals surface area contributed by atoms with Gasteiger partial charge in [0.25, 0.3) is 0 Å². The Morgan fingerprint density at radius 3 is 2.65 bits per heavy atom. The number of ether oxygens (including phenoxy) is 2. The van der Waals surface area contributed by atoms with Crippen molar-refractivity contribution in [3.63, 3.8) is 0 Å². The third kappa shape index (κ3) is 3.05. The number of rotatable bonds is 5. The highest BCUT2D eigenvalue weighted by Gasteiger charge is 2.50. The maximum Gasteiger partial charge on any atom is 0.387 e. The number of anilines is 3. The summed E-state index contributed by atoms with van der Waals surface area (Å²) in [5.74, 6) is 1.46.